The van der Waals surface area contributed by atoms with Crippen LogP contribution in [0, 0.1) is 0 Å². The third-order valence-electron chi connectivity index (χ3n) is 3.76. The number of fused-ring (bicyclic) bond motifs is 1. The fourth-order valence-electron chi connectivity index (χ4n) is 2.25. The van der Waals surface area contributed by atoms with Crippen molar-refractivity contribution in [2.24, 2.45) is 0 Å². The Morgan fingerprint density at radius 3 is 2.21 bits per heavy atom. The normalized spacial score (nSPS) is 13.0. The Morgan fingerprint density at radius 2 is 1.70 bits per heavy atom. The number of nitrogens with two attached hydrogens (primary N) is 1. The van der Waals surface area contributed by atoms with Crippen LogP contribution >= 0.6 is 0 Å². The third-order valence-corrected chi connectivity index (χ3v) is 3.76. The lowest BCUT2D eigenvalue weighted by atomic mass is 10.1. The van der Waals surface area contributed by atoms with E-state index >= 15 is 0 Å². The van der Waals surface area contributed by atoms with E-state index in [2.05, 4.69) is 20.8 Å². The van der Waals surface area contributed by atoms with Crippen LogP contribution in [0.2, 0.25) is 0 Å². The number of rotatable bonds is 4. The molecule has 2 heterocycles. The number of amides is 2. The lowest BCUT2D eigenvalue weighted by Gasteiger charge is -2.18. The average molecular weight is 481 g/mol. The van der Waals surface area contributed by atoms with Crippen LogP contribution in [0.15, 0.2) is 24.4 Å². The molecular formula is C17H13F6N5O5. The Morgan fingerprint density at radius 1 is 1.09 bits per heavy atom. The van der Waals surface area contributed by atoms with E-state index in [0.717, 1.165) is 5.56 Å². The molecule has 0 spiro atoms. The molecule has 1 aromatic heterocycles. The number of aromatic nitrogens is 2. The SMILES string of the molecule is Nc1[nH]ncc1C(=O)NCc1ccc2c(c1)NC(=O)CO2.O=C(C(=O)C(F)(F)F)C(F)(F)F. The van der Waals surface area contributed by atoms with E-state index in [4.69, 9.17) is 10.5 Å². The number of anilines is 2. The minimum absolute atomic E-state index is 0.0167. The van der Waals surface area contributed by atoms with Gasteiger partial charge in [-0.15, -0.1) is 0 Å². The number of halogens is 6. The maximum Gasteiger partial charge on any atom is 0.458 e. The predicted octanol–water partition coefficient (Wildman–Crippen LogP) is 1.50. The summed E-state index contributed by atoms with van der Waals surface area (Å²) in [6, 6.07) is 5.32. The number of H-pyrrole nitrogens is 1. The zero-order chi connectivity index (χ0) is 25.0. The quantitative estimate of drug-likeness (QED) is 0.381. The highest BCUT2D eigenvalue weighted by molar-refractivity contribution is 6.41. The maximum atomic E-state index is 11.9. The molecule has 3 rings (SSSR count). The molecule has 1 aliphatic heterocycles. The first-order valence-electron chi connectivity index (χ1n) is 8.55. The first-order valence-corrected chi connectivity index (χ1v) is 8.55. The highest BCUT2D eigenvalue weighted by Crippen LogP contribution is 2.28. The molecule has 2 aromatic rings. The number of ketones is 2. The molecule has 0 bridgehead atoms. The van der Waals surface area contributed by atoms with E-state index in [-0.39, 0.29) is 24.2 Å². The molecule has 1 aliphatic rings. The van der Waals surface area contributed by atoms with Crippen LogP contribution in [0.4, 0.5) is 37.8 Å². The second-order valence-corrected chi connectivity index (χ2v) is 6.20. The Kier molecular flexibility index (Phi) is 7.30. The van der Waals surface area contributed by atoms with Crippen molar-refractivity contribution in [1.82, 2.24) is 15.5 Å². The van der Waals surface area contributed by atoms with E-state index < -0.39 is 23.9 Å². The van der Waals surface area contributed by atoms with Crippen LogP contribution in [0.25, 0.3) is 0 Å². The van der Waals surface area contributed by atoms with E-state index in [1.807, 2.05) is 6.07 Å². The first kappa shape index (κ1) is 25.2. The standard InChI is InChI=1S/C13H13N5O3.C4F6O2/c14-12-8(5-16-18-12)13(20)15-4-7-1-2-10-9(3-7)17-11(19)6-21-10;5-3(6,7)1(11)2(12)4(8,9)10/h1-3,5H,4,6H2,(H,15,20)(H,17,19)(H3,14,16,18);. The van der Waals surface area contributed by atoms with Gasteiger partial charge in [-0.2, -0.15) is 31.4 Å². The minimum Gasteiger partial charge on any atom is -0.482 e. The van der Waals surface area contributed by atoms with E-state index in [0.29, 0.717) is 23.5 Å². The van der Waals surface area contributed by atoms with Gasteiger partial charge in [-0.1, -0.05) is 6.07 Å². The van der Waals surface area contributed by atoms with Gasteiger partial charge in [-0.05, 0) is 17.7 Å². The summed E-state index contributed by atoms with van der Waals surface area (Å²) in [5.74, 6) is -6.50. The van der Waals surface area contributed by atoms with Gasteiger partial charge < -0.3 is 21.1 Å². The molecule has 10 nitrogen and oxygen atoms in total. The molecule has 2 amide bonds. The van der Waals surface area contributed by atoms with Crippen molar-refractivity contribution in [2.45, 2.75) is 18.9 Å². The zero-order valence-electron chi connectivity index (χ0n) is 16.1. The summed E-state index contributed by atoms with van der Waals surface area (Å²) in [5.41, 5.74) is 7.30. The predicted molar refractivity (Wildman–Crippen MR) is 96.9 cm³/mol. The van der Waals surface area contributed by atoms with Gasteiger partial charge in [0.1, 0.15) is 17.1 Å². The fraction of sp³-hybridized carbons (Fsp3) is 0.235. The van der Waals surface area contributed by atoms with Crippen molar-refractivity contribution < 1.29 is 50.3 Å². The monoisotopic (exact) mass is 481 g/mol. The highest BCUT2D eigenvalue weighted by Gasteiger charge is 2.54. The van der Waals surface area contributed by atoms with Crippen LogP contribution in [0.3, 0.4) is 0 Å². The number of nitrogens with zero attached hydrogens (tertiary/aromatic N) is 1. The number of nitrogen functional groups attached to an aromatic ring is 1. The highest BCUT2D eigenvalue weighted by atomic mass is 19.4. The molecule has 0 atom stereocenters. The van der Waals surface area contributed by atoms with Gasteiger partial charge in [0.15, 0.2) is 6.61 Å². The van der Waals surface area contributed by atoms with Gasteiger partial charge >= 0.3 is 23.9 Å². The van der Waals surface area contributed by atoms with Crippen LogP contribution in [0.5, 0.6) is 5.75 Å². The Hall–Kier alpha value is -4.11. The van der Waals surface area contributed by atoms with Gasteiger partial charge in [0.05, 0.1) is 11.9 Å². The molecule has 0 radical (unpaired) electrons. The van der Waals surface area contributed by atoms with Crippen molar-refractivity contribution in [3.8, 4) is 5.75 Å². The van der Waals surface area contributed by atoms with Gasteiger partial charge in [0.25, 0.3) is 11.8 Å². The molecule has 0 saturated heterocycles. The van der Waals surface area contributed by atoms with Crippen molar-refractivity contribution in [1.29, 1.82) is 0 Å². The molecule has 178 valence electrons. The number of carbonyl (C=O) groups excluding carboxylic acids is 4. The van der Waals surface area contributed by atoms with Crippen LogP contribution in [-0.2, 0) is 20.9 Å². The molecular weight excluding hydrogens is 468 g/mol. The number of alkyl halides is 6. The molecule has 0 fully saturated rings. The van der Waals surface area contributed by atoms with E-state index in [1.165, 1.54) is 6.20 Å². The Balaban J connectivity index is 0.000000277. The van der Waals surface area contributed by atoms with Crippen molar-refractivity contribution in [2.75, 3.05) is 17.7 Å². The molecule has 16 heteroatoms. The molecule has 1 aromatic carbocycles. The largest absolute Gasteiger partial charge is 0.482 e. The number of hydrogen-bond acceptors (Lipinski definition) is 7. The summed E-state index contributed by atoms with van der Waals surface area (Å²) in [6.45, 7) is 0.315. The molecule has 33 heavy (non-hydrogen) atoms. The molecule has 0 aliphatic carbocycles. The molecule has 0 unspecified atom stereocenters. The summed E-state index contributed by atoms with van der Waals surface area (Å²) in [7, 11) is 0. The number of hydrogen-bond donors (Lipinski definition) is 4. The summed E-state index contributed by atoms with van der Waals surface area (Å²) < 4.78 is 72.2. The zero-order valence-corrected chi connectivity index (χ0v) is 16.1. The van der Waals surface area contributed by atoms with Crippen LogP contribution < -0.4 is 21.1 Å². The minimum atomic E-state index is -5.77. The average Bonchev–Trinajstić information content (AvgIpc) is 3.15. The summed E-state index contributed by atoms with van der Waals surface area (Å²) >= 11 is 0. The molecule has 5 N–H and O–H groups in total. The van der Waals surface area contributed by atoms with E-state index in [9.17, 15) is 45.5 Å². The number of aromatic amines is 1. The van der Waals surface area contributed by atoms with Crippen LogP contribution in [0.1, 0.15) is 15.9 Å². The van der Waals surface area contributed by atoms with Crippen molar-refractivity contribution >= 4 is 34.9 Å². The number of Topliss-reactive ketones (excluding diaryl/α,β-unsaturated/α-hetero) is 2. The number of benzene rings is 1. The fourth-order valence-corrected chi connectivity index (χ4v) is 2.25. The van der Waals surface area contributed by atoms with Gasteiger partial charge in [0, 0.05) is 6.54 Å². The topological polar surface area (TPSA) is 156 Å². The van der Waals surface area contributed by atoms with Crippen molar-refractivity contribution in [3.63, 3.8) is 0 Å². The second kappa shape index (κ2) is 9.58. The van der Waals surface area contributed by atoms with E-state index in [1.54, 1.807) is 12.1 Å². The number of carbonyl (C=O) groups is 4. The third kappa shape index (κ3) is 6.68. The van der Waals surface area contributed by atoms with Crippen molar-refractivity contribution in [3.05, 3.63) is 35.5 Å². The van der Waals surface area contributed by atoms with Crippen LogP contribution in [-0.4, -0.2) is 52.5 Å². The lowest BCUT2D eigenvalue weighted by Crippen LogP contribution is -2.39. The Labute approximate surface area is 179 Å². The van der Waals surface area contributed by atoms with Gasteiger partial charge in [0.2, 0.25) is 0 Å². The maximum absolute atomic E-state index is 11.9. The first-order chi connectivity index (χ1) is 15.2. The summed E-state index contributed by atoms with van der Waals surface area (Å²) in [5, 5.41) is 11.6. The van der Waals surface area contributed by atoms with Gasteiger partial charge in [-0.3, -0.25) is 24.3 Å². The summed E-state index contributed by atoms with van der Waals surface area (Å²) in [4.78, 5) is 42.4. The summed E-state index contributed by atoms with van der Waals surface area (Å²) in [6.07, 6.45) is -10.2. The number of nitrogens with one attached hydrogen (secondary N) is 3. The van der Waals surface area contributed by atoms with Gasteiger partial charge in [-0.25, -0.2) is 0 Å². The number of ether oxygens (including phenoxy) is 1. The second-order valence-electron chi connectivity index (χ2n) is 6.20. The lowest BCUT2D eigenvalue weighted by molar-refractivity contribution is -0.193. The smallest absolute Gasteiger partial charge is 0.458 e. The Bertz CT molecular complexity index is 1050. The molecule has 0 saturated carbocycles.